The molecule has 1 aromatic heterocycles. The number of hydrogen-bond acceptors (Lipinski definition) is 2. The van der Waals surface area contributed by atoms with Gasteiger partial charge in [-0.15, -0.1) is 0 Å². The topological polar surface area (TPSA) is 22.4 Å². The zero-order valence-corrected chi connectivity index (χ0v) is 17.1. The molecular formula is C24H19IO2. The van der Waals surface area contributed by atoms with Crippen molar-refractivity contribution in [2.24, 2.45) is 0 Å². The number of furan rings is 1. The molecular weight excluding hydrogens is 447 g/mol. The number of methoxy groups -OCH3 is 1. The van der Waals surface area contributed by atoms with E-state index in [4.69, 9.17) is 9.15 Å². The monoisotopic (exact) mass is 466 g/mol. The van der Waals surface area contributed by atoms with Gasteiger partial charge in [-0.3, -0.25) is 0 Å². The van der Waals surface area contributed by atoms with E-state index >= 15 is 0 Å². The second kappa shape index (κ2) is 8.11. The van der Waals surface area contributed by atoms with Crippen LogP contribution in [0.15, 0.2) is 95.4 Å². The van der Waals surface area contributed by atoms with E-state index in [0.29, 0.717) is 0 Å². The van der Waals surface area contributed by atoms with Gasteiger partial charge in [0, 0.05) is 23.8 Å². The summed E-state index contributed by atoms with van der Waals surface area (Å²) in [6.07, 6.45) is -0.200. The average molecular weight is 466 g/mol. The van der Waals surface area contributed by atoms with E-state index in [1.807, 2.05) is 54.6 Å². The van der Waals surface area contributed by atoms with Crippen LogP contribution < -0.4 is 0 Å². The molecule has 134 valence electrons. The molecule has 0 radical (unpaired) electrons. The lowest BCUT2D eigenvalue weighted by atomic mass is 9.98. The summed E-state index contributed by atoms with van der Waals surface area (Å²) in [5.41, 5.74) is 4.28. The SMILES string of the molecule is COC(c1ccccc1)c1c(-c2ccccc2)oc(-c2ccccc2)c1I. The lowest BCUT2D eigenvalue weighted by Crippen LogP contribution is -2.05. The minimum atomic E-state index is -0.200. The predicted octanol–water partition coefficient (Wildman–Crippen LogP) is 6.95. The van der Waals surface area contributed by atoms with Crippen LogP contribution >= 0.6 is 22.6 Å². The molecule has 27 heavy (non-hydrogen) atoms. The van der Waals surface area contributed by atoms with Crippen molar-refractivity contribution >= 4 is 22.6 Å². The van der Waals surface area contributed by atoms with Gasteiger partial charge in [0.05, 0.1) is 3.57 Å². The molecule has 0 saturated carbocycles. The predicted molar refractivity (Wildman–Crippen MR) is 118 cm³/mol. The van der Waals surface area contributed by atoms with Gasteiger partial charge in [0.25, 0.3) is 0 Å². The van der Waals surface area contributed by atoms with Gasteiger partial charge in [-0.1, -0.05) is 91.0 Å². The van der Waals surface area contributed by atoms with E-state index in [9.17, 15) is 0 Å². The second-order valence-corrected chi connectivity index (χ2v) is 7.33. The molecule has 0 bridgehead atoms. The van der Waals surface area contributed by atoms with Crippen LogP contribution in [0.5, 0.6) is 0 Å². The molecule has 3 aromatic carbocycles. The Hall–Kier alpha value is -2.37. The molecule has 0 fully saturated rings. The van der Waals surface area contributed by atoms with Gasteiger partial charge in [-0.25, -0.2) is 0 Å². The van der Waals surface area contributed by atoms with Crippen LogP contribution in [0.3, 0.4) is 0 Å². The first-order chi connectivity index (χ1) is 13.3. The summed E-state index contributed by atoms with van der Waals surface area (Å²) in [5, 5.41) is 0. The van der Waals surface area contributed by atoms with Crippen LogP contribution in [0.2, 0.25) is 0 Å². The van der Waals surface area contributed by atoms with Crippen molar-refractivity contribution in [1.29, 1.82) is 0 Å². The fraction of sp³-hybridized carbons (Fsp3) is 0.0833. The Morgan fingerprint density at radius 2 is 1.19 bits per heavy atom. The van der Waals surface area contributed by atoms with E-state index in [1.165, 1.54) is 0 Å². The van der Waals surface area contributed by atoms with Gasteiger partial charge < -0.3 is 9.15 Å². The van der Waals surface area contributed by atoms with Crippen LogP contribution in [0.4, 0.5) is 0 Å². The van der Waals surface area contributed by atoms with Crippen LogP contribution in [-0.4, -0.2) is 7.11 Å². The first-order valence-corrected chi connectivity index (χ1v) is 9.88. The van der Waals surface area contributed by atoms with Crippen molar-refractivity contribution in [1.82, 2.24) is 0 Å². The number of hydrogen-bond donors (Lipinski definition) is 0. The first-order valence-electron chi connectivity index (χ1n) is 8.80. The molecule has 0 saturated heterocycles. The molecule has 0 amide bonds. The molecule has 4 aromatic rings. The summed E-state index contributed by atoms with van der Waals surface area (Å²) in [6, 6.07) is 30.7. The van der Waals surface area contributed by atoms with E-state index in [-0.39, 0.29) is 6.10 Å². The Morgan fingerprint density at radius 1 is 0.704 bits per heavy atom. The van der Waals surface area contributed by atoms with E-state index in [0.717, 1.165) is 37.3 Å². The highest BCUT2D eigenvalue weighted by atomic mass is 127. The van der Waals surface area contributed by atoms with Gasteiger partial charge in [-0.2, -0.15) is 0 Å². The molecule has 1 atom stereocenters. The van der Waals surface area contributed by atoms with Crippen molar-refractivity contribution < 1.29 is 9.15 Å². The molecule has 1 heterocycles. The molecule has 0 aliphatic carbocycles. The van der Waals surface area contributed by atoms with Gasteiger partial charge in [0.1, 0.15) is 17.6 Å². The Bertz CT molecular complexity index is 1010. The van der Waals surface area contributed by atoms with Crippen molar-refractivity contribution in [2.45, 2.75) is 6.10 Å². The van der Waals surface area contributed by atoms with Gasteiger partial charge >= 0.3 is 0 Å². The summed E-state index contributed by atoms with van der Waals surface area (Å²) in [7, 11) is 1.75. The number of ether oxygens (including phenoxy) is 1. The molecule has 0 aliphatic rings. The molecule has 3 heteroatoms. The normalized spacial score (nSPS) is 12.1. The van der Waals surface area contributed by atoms with Crippen LogP contribution in [0, 0.1) is 3.57 Å². The smallest absolute Gasteiger partial charge is 0.148 e. The Morgan fingerprint density at radius 3 is 1.70 bits per heavy atom. The van der Waals surface area contributed by atoms with Crippen LogP contribution in [0.25, 0.3) is 22.6 Å². The quantitative estimate of drug-likeness (QED) is 0.297. The summed E-state index contributed by atoms with van der Waals surface area (Å²) in [4.78, 5) is 0. The van der Waals surface area contributed by atoms with Gasteiger partial charge in [0.2, 0.25) is 0 Å². The summed E-state index contributed by atoms with van der Waals surface area (Å²) in [6.45, 7) is 0. The van der Waals surface area contributed by atoms with Crippen molar-refractivity contribution in [3.8, 4) is 22.6 Å². The Balaban J connectivity index is 1.95. The van der Waals surface area contributed by atoms with Gasteiger partial charge in [0.15, 0.2) is 0 Å². The summed E-state index contributed by atoms with van der Waals surface area (Å²) >= 11 is 2.38. The maximum absolute atomic E-state index is 6.43. The van der Waals surface area contributed by atoms with Crippen molar-refractivity contribution in [3.63, 3.8) is 0 Å². The minimum Gasteiger partial charge on any atom is -0.455 e. The Labute approximate surface area is 173 Å². The zero-order valence-electron chi connectivity index (χ0n) is 14.9. The van der Waals surface area contributed by atoms with E-state index < -0.39 is 0 Å². The molecule has 0 aliphatic heterocycles. The number of benzene rings is 3. The Kier molecular flexibility index (Phi) is 5.41. The lowest BCUT2D eigenvalue weighted by Gasteiger charge is -2.17. The van der Waals surface area contributed by atoms with E-state index in [2.05, 4.69) is 59.0 Å². The first kappa shape index (κ1) is 18.0. The third-order valence-corrected chi connectivity index (χ3v) is 5.63. The van der Waals surface area contributed by atoms with E-state index in [1.54, 1.807) is 7.11 Å². The molecule has 4 rings (SSSR count). The average Bonchev–Trinajstić information content (AvgIpc) is 3.08. The second-order valence-electron chi connectivity index (χ2n) is 6.25. The fourth-order valence-electron chi connectivity index (χ4n) is 3.29. The van der Waals surface area contributed by atoms with Crippen molar-refractivity contribution in [2.75, 3.05) is 7.11 Å². The third kappa shape index (κ3) is 3.57. The van der Waals surface area contributed by atoms with Crippen molar-refractivity contribution in [3.05, 3.63) is 106 Å². The number of halogens is 1. The number of rotatable bonds is 5. The maximum atomic E-state index is 6.43. The zero-order chi connectivity index (χ0) is 18.6. The fourth-order valence-corrected chi connectivity index (χ4v) is 4.23. The minimum absolute atomic E-state index is 0.200. The highest BCUT2D eigenvalue weighted by molar-refractivity contribution is 14.1. The summed E-state index contributed by atoms with van der Waals surface area (Å²) < 4.78 is 13.5. The lowest BCUT2D eigenvalue weighted by molar-refractivity contribution is 0.136. The largest absolute Gasteiger partial charge is 0.455 e. The van der Waals surface area contributed by atoms with Crippen LogP contribution in [0.1, 0.15) is 17.2 Å². The van der Waals surface area contributed by atoms with Crippen LogP contribution in [-0.2, 0) is 4.74 Å². The highest BCUT2D eigenvalue weighted by Crippen LogP contribution is 2.43. The third-order valence-electron chi connectivity index (χ3n) is 4.56. The summed E-state index contributed by atoms with van der Waals surface area (Å²) in [5.74, 6) is 1.73. The highest BCUT2D eigenvalue weighted by Gasteiger charge is 2.28. The standard InChI is InChI=1S/C24H19IO2/c1-26-22(17-11-5-2-6-12-17)20-21(25)24(19-15-9-4-10-16-19)27-23(20)18-13-7-3-8-14-18/h2-16,22H,1H3. The molecule has 0 spiro atoms. The maximum Gasteiger partial charge on any atom is 0.148 e. The molecule has 0 N–H and O–H groups in total. The molecule has 2 nitrogen and oxygen atoms in total. The molecule has 1 unspecified atom stereocenters. The van der Waals surface area contributed by atoms with Gasteiger partial charge in [-0.05, 0) is 28.2 Å².